The molecule has 0 radical (unpaired) electrons. The van der Waals surface area contributed by atoms with E-state index in [0.717, 1.165) is 32.1 Å². The van der Waals surface area contributed by atoms with Gasteiger partial charge in [0.05, 0.1) is 6.10 Å². The lowest BCUT2D eigenvalue weighted by atomic mass is 9.89. The fourth-order valence-corrected chi connectivity index (χ4v) is 1.94. The van der Waals surface area contributed by atoms with Crippen LogP contribution in [0.2, 0.25) is 0 Å². The summed E-state index contributed by atoms with van der Waals surface area (Å²) < 4.78 is 5.36. The van der Waals surface area contributed by atoms with Gasteiger partial charge in [0.25, 0.3) is 0 Å². The summed E-state index contributed by atoms with van der Waals surface area (Å²) in [5.74, 6) is -0.0191. The molecular formula is C16H32O2. The van der Waals surface area contributed by atoms with Gasteiger partial charge in [-0.05, 0) is 31.6 Å². The lowest BCUT2D eigenvalue weighted by molar-refractivity contribution is -0.148. The van der Waals surface area contributed by atoms with E-state index in [9.17, 15) is 4.79 Å². The Labute approximate surface area is 113 Å². The molecule has 0 fully saturated rings. The van der Waals surface area contributed by atoms with Gasteiger partial charge in [-0.2, -0.15) is 0 Å². The van der Waals surface area contributed by atoms with Gasteiger partial charge < -0.3 is 4.74 Å². The topological polar surface area (TPSA) is 26.3 Å². The molecule has 0 saturated carbocycles. The molecule has 2 heteroatoms. The highest BCUT2D eigenvalue weighted by atomic mass is 16.5. The van der Waals surface area contributed by atoms with Gasteiger partial charge in [-0.1, -0.05) is 53.4 Å². The molecule has 0 aromatic carbocycles. The molecule has 0 aromatic heterocycles. The normalized spacial score (nSPS) is 13.4. The number of unbranched alkanes of at least 4 members (excludes halogenated alkanes) is 3. The van der Waals surface area contributed by atoms with Crippen LogP contribution >= 0.6 is 0 Å². The van der Waals surface area contributed by atoms with Crippen molar-refractivity contribution in [3.05, 3.63) is 0 Å². The van der Waals surface area contributed by atoms with Crippen molar-refractivity contribution in [2.24, 2.45) is 5.41 Å². The first-order chi connectivity index (χ1) is 8.35. The summed E-state index contributed by atoms with van der Waals surface area (Å²) >= 11 is 0. The summed E-state index contributed by atoms with van der Waals surface area (Å²) in [7, 11) is 0. The molecule has 0 rings (SSSR count). The number of carbonyl (C=O) groups is 1. The third-order valence-corrected chi connectivity index (χ3v) is 3.10. The summed E-state index contributed by atoms with van der Waals surface area (Å²) in [4.78, 5) is 11.6. The third-order valence-electron chi connectivity index (χ3n) is 3.10. The van der Waals surface area contributed by atoms with Crippen molar-refractivity contribution in [1.82, 2.24) is 0 Å². The maximum Gasteiger partial charge on any atom is 0.306 e. The average Bonchev–Trinajstić information content (AvgIpc) is 2.24. The number of hydrogen-bond donors (Lipinski definition) is 0. The molecule has 0 spiro atoms. The maximum absolute atomic E-state index is 11.6. The Morgan fingerprint density at radius 1 is 1.11 bits per heavy atom. The predicted molar refractivity (Wildman–Crippen MR) is 77.6 cm³/mol. The lowest BCUT2D eigenvalue weighted by Crippen LogP contribution is -2.14. The van der Waals surface area contributed by atoms with E-state index in [-0.39, 0.29) is 12.1 Å². The molecule has 0 aliphatic carbocycles. The van der Waals surface area contributed by atoms with E-state index in [1.165, 1.54) is 12.8 Å². The van der Waals surface area contributed by atoms with E-state index in [0.29, 0.717) is 11.8 Å². The zero-order valence-corrected chi connectivity index (χ0v) is 13.1. The Morgan fingerprint density at radius 3 is 2.33 bits per heavy atom. The van der Waals surface area contributed by atoms with Crippen molar-refractivity contribution in [2.75, 3.05) is 0 Å². The highest BCUT2D eigenvalue weighted by molar-refractivity contribution is 5.69. The van der Waals surface area contributed by atoms with Crippen LogP contribution in [0, 0.1) is 5.41 Å². The second-order valence-corrected chi connectivity index (χ2v) is 6.56. The van der Waals surface area contributed by atoms with Crippen molar-refractivity contribution in [3.63, 3.8) is 0 Å². The van der Waals surface area contributed by atoms with Crippen LogP contribution in [-0.4, -0.2) is 12.1 Å². The second kappa shape index (κ2) is 9.41. The minimum Gasteiger partial charge on any atom is -0.463 e. The monoisotopic (exact) mass is 256 g/mol. The molecule has 18 heavy (non-hydrogen) atoms. The van der Waals surface area contributed by atoms with Gasteiger partial charge in [-0.25, -0.2) is 0 Å². The molecule has 0 amide bonds. The van der Waals surface area contributed by atoms with Crippen LogP contribution in [0.25, 0.3) is 0 Å². The average molecular weight is 256 g/mol. The third kappa shape index (κ3) is 11.9. The van der Waals surface area contributed by atoms with Crippen molar-refractivity contribution in [1.29, 1.82) is 0 Å². The smallest absolute Gasteiger partial charge is 0.306 e. The largest absolute Gasteiger partial charge is 0.463 e. The number of hydrogen-bond acceptors (Lipinski definition) is 2. The SMILES string of the molecule is CCCCC(C)OC(=O)CCCCCC(C)(C)C. The van der Waals surface area contributed by atoms with E-state index >= 15 is 0 Å². The zero-order valence-electron chi connectivity index (χ0n) is 13.1. The van der Waals surface area contributed by atoms with Crippen molar-refractivity contribution in [3.8, 4) is 0 Å². The molecule has 108 valence electrons. The van der Waals surface area contributed by atoms with Gasteiger partial charge >= 0.3 is 5.97 Å². The Kier molecular flexibility index (Phi) is 9.13. The van der Waals surface area contributed by atoms with Gasteiger partial charge in [0.1, 0.15) is 0 Å². The quantitative estimate of drug-likeness (QED) is 0.423. The molecule has 2 nitrogen and oxygen atoms in total. The van der Waals surface area contributed by atoms with Crippen LogP contribution in [0.15, 0.2) is 0 Å². The van der Waals surface area contributed by atoms with Gasteiger partial charge in [-0.3, -0.25) is 4.79 Å². The summed E-state index contributed by atoms with van der Waals surface area (Å²) in [5, 5.41) is 0. The zero-order chi connectivity index (χ0) is 14.0. The van der Waals surface area contributed by atoms with E-state index in [1.807, 2.05) is 6.92 Å². The maximum atomic E-state index is 11.6. The van der Waals surface area contributed by atoms with Gasteiger partial charge in [-0.15, -0.1) is 0 Å². The minimum atomic E-state index is -0.0191. The minimum absolute atomic E-state index is 0.0191. The van der Waals surface area contributed by atoms with Crippen LogP contribution in [0.1, 0.15) is 86.0 Å². The van der Waals surface area contributed by atoms with Gasteiger partial charge in [0, 0.05) is 6.42 Å². The van der Waals surface area contributed by atoms with E-state index in [4.69, 9.17) is 4.74 Å². The Hall–Kier alpha value is -0.530. The standard InChI is InChI=1S/C16H32O2/c1-6-7-11-14(2)18-15(17)12-9-8-10-13-16(3,4)5/h14H,6-13H2,1-5H3. The molecule has 1 unspecified atom stereocenters. The number of esters is 1. The number of carbonyl (C=O) groups excluding carboxylic acids is 1. The van der Waals surface area contributed by atoms with Crippen LogP contribution in [0.3, 0.4) is 0 Å². The Morgan fingerprint density at radius 2 is 1.78 bits per heavy atom. The van der Waals surface area contributed by atoms with Crippen LogP contribution in [0.4, 0.5) is 0 Å². The van der Waals surface area contributed by atoms with Crippen LogP contribution < -0.4 is 0 Å². The molecular weight excluding hydrogens is 224 g/mol. The molecule has 0 heterocycles. The molecule has 0 aromatic rings. The van der Waals surface area contributed by atoms with E-state index in [1.54, 1.807) is 0 Å². The van der Waals surface area contributed by atoms with Crippen LogP contribution in [0.5, 0.6) is 0 Å². The van der Waals surface area contributed by atoms with Crippen molar-refractivity contribution < 1.29 is 9.53 Å². The van der Waals surface area contributed by atoms with Crippen molar-refractivity contribution in [2.45, 2.75) is 92.1 Å². The number of ether oxygens (including phenoxy) is 1. The summed E-state index contributed by atoms with van der Waals surface area (Å²) in [5.41, 5.74) is 0.412. The lowest BCUT2D eigenvalue weighted by Gasteiger charge is -2.17. The first-order valence-corrected chi connectivity index (χ1v) is 7.54. The molecule has 1 atom stereocenters. The Bertz CT molecular complexity index is 216. The fraction of sp³-hybridized carbons (Fsp3) is 0.938. The van der Waals surface area contributed by atoms with Gasteiger partial charge in [0.2, 0.25) is 0 Å². The molecule has 0 N–H and O–H groups in total. The van der Waals surface area contributed by atoms with Crippen LogP contribution in [-0.2, 0) is 9.53 Å². The van der Waals surface area contributed by atoms with E-state index in [2.05, 4.69) is 27.7 Å². The molecule has 0 aliphatic rings. The first kappa shape index (κ1) is 17.5. The summed E-state index contributed by atoms with van der Waals surface area (Å²) in [6, 6.07) is 0. The van der Waals surface area contributed by atoms with Gasteiger partial charge in [0.15, 0.2) is 0 Å². The number of rotatable bonds is 9. The molecule has 0 bridgehead atoms. The first-order valence-electron chi connectivity index (χ1n) is 7.54. The Balaban J connectivity index is 3.48. The summed E-state index contributed by atoms with van der Waals surface area (Å²) in [6.07, 6.45) is 8.51. The highest BCUT2D eigenvalue weighted by Crippen LogP contribution is 2.22. The fourth-order valence-electron chi connectivity index (χ4n) is 1.94. The molecule has 0 aliphatic heterocycles. The highest BCUT2D eigenvalue weighted by Gasteiger charge is 2.11. The second-order valence-electron chi connectivity index (χ2n) is 6.56. The van der Waals surface area contributed by atoms with E-state index < -0.39 is 0 Å². The van der Waals surface area contributed by atoms with Crippen molar-refractivity contribution >= 4 is 5.97 Å². The molecule has 0 saturated heterocycles. The predicted octanol–water partition coefficient (Wildman–Crippen LogP) is 5.10. The summed E-state index contributed by atoms with van der Waals surface area (Å²) in [6.45, 7) is 10.9.